The number of anilines is 1. The van der Waals surface area contributed by atoms with Crippen molar-refractivity contribution in [3.8, 4) is 5.75 Å². The van der Waals surface area contributed by atoms with Crippen molar-refractivity contribution in [3.63, 3.8) is 0 Å². The van der Waals surface area contributed by atoms with Gasteiger partial charge in [-0.2, -0.15) is 0 Å². The van der Waals surface area contributed by atoms with Crippen LogP contribution in [0.15, 0.2) is 18.2 Å². The number of carbonyl (C=O) groups excluding carboxylic acids is 1. The highest BCUT2D eigenvalue weighted by molar-refractivity contribution is 5.95. The van der Waals surface area contributed by atoms with Crippen molar-refractivity contribution < 1.29 is 9.53 Å². The molecule has 1 unspecified atom stereocenters. The number of hydrogen-bond acceptors (Lipinski definition) is 4. The standard InChI is InChI=1S/C11H15N3O2/c1-14(2)11(12)7-3-4-9-8(5-7)13-10(15)6-16-9/h3-5,11H,6,12H2,1-2H3,(H,13,15). The van der Waals surface area contributed by atoms with Gasteiger partial charge in [0.2, 0.25) is 0 Å². The van der Waals surface area contributed by atoms with Crippen LogP contribution < -0.4 is 15.8 Å². The summed E-state index contributed by atoms with van der Waals surface area (Å²) in [6, 6.07) is 5.57. The molecule has 5 nitrogen and oxygen atoms in total. The van der Waals surface area contributed by atoms with E-state index in [9.17, 15) is 4.79 Å². The fraction of sp³-hybridized carbons (Fsp3) is 0.364. The summed E-state index contributed by atoms with van der Waals surface area (Å²) in [7, 11) is 3.80. The van der Waals surface area contributed by atoms with Crippen LogP contribution >= 0.6 is 0 Å². The largest absolute Gasteiger partial charge is 0.482 e. The molecule has 0 bridgehead atoms. The SMILES string of the molecule is CN(C)C(N)c1ccc2c(c1)NC(=O)CO2. The van der Waals surface area contributed by atoms with Gasteiger partial charge in [0.05, 0.1) is 11.9 Å². The minimum atomic E-state index is -0.191. The summed E-state index contributed by atoms with van der Waals surface area (Å²) in [5, 5.41) is 2.76. The second-order valence-corrected chi connectivity index (χ2v) is 4.00. The van der Waals surface area contributed by atoms with Crippen molar-refractivity contribution in [1.29, 1.82) is 0 Å². The quantitative estimate of drug-likeness (QED) is 0.715. The lowest BCUT2D eigenvalue weighted by atomic mass is 10.1. The lowest BCUT2D eigenvalue weighted by Gasteiger charge is -2.23. The van der Waals surface area contributed by atoms with Gasteiger partial charge in [0.25, 0.3) is 5.91 Å². The van der Waals surface area contributed by atoms with E-state index in [4.69, 9.17) is 10.5 Å². The van der Waals surface area contributed by atoms with Gasteiger partial charge < -0.3 is 15.8 Å². The molecule has 1 heterocycles. The first-order valence-corrected chi connectivity index (χ1v) is 5.06. The molecule has 3 N–H and O–H groups in total. The molecule has 1 aliphatic heterocycles. The molecule has 0 aliphatic carbocycles. The topological polar surface area (TPSA) is 67.6 Å². The maximum atomic E-state index is 11.2. The number of benzene rings is 1. The molecule has 1 amide bonds. The van der Waals surface area contributed by atoms with Gasteiger partial charge in [-0.25, -0.2) is 0 Å². The van der Waals surface area contributed by atoms with Crippen LogP contribution in [0.2, 0.25) is 0 Å². The Morgan fingerprint density at radius 2 is 2.25 bits per heavy atom. The summed E-state index contributed by atoms with van der Waals surface area (Å²) in [4.78, 5) is 13.1. The van der Waals surface area contributed by atoms with Gasteiger partial charge in [-0.05, 0) is 31.8 Å². The Hall–Kier alpha value is -1.59. The van der Waals surface area contributed by atoms with Crippen LogP contribution in [0.4, 0.5) is 5.69 Å². The van der Waals surface area contributed by atoms with Crippen molar-refractivity contribution in [2.75, 3.05) is 26.0 Å². The van der Waals surface area contributed by atoms with E-state index in [1.54, 1.807) is 0 Å². The van der Waals surface area contributed by atoms with E-state index in [-0.39, 0.29) is 18.7 Å². The zero-order valence-corrected chi connectivity index (χ0v) is 9.36. The normalized spacial score (nSPS) is 16.4. The zero-order chi connectivity index (χ0) is 11.7. The molecule has 0 radical (unpaired) electrons. The molecular formula is C11H15N3O2. The van der Waals surface area contributed by atoms with Crippen LogP contribution in [0.5, 0.6) is 5.75 Å². The minimum absolute atomic E-state index is 0.0755. The molecular weight excluding hydrogens is 206 g/mol. The van der Waals surface area contributed by atoms with E-state index in [2.05, 4.69) is 5.32 Å². The summed E-state index contributed by atoms with van der Waals surface area (Å²) in [6.45, 7) is 0.0755. The zero-order valence-electron chi connectivity index (χ0n) is 9.36. The van der Waals surface area contributed by atoms with E-state index >= 15 is 0 Å². The van der Waals surface area contributed by atoms with Crippen LogP contribution in [0, 0.1) is 0 Å². The van der Waals surface area contributed by atoms with E-state index in [0.717, 1.165) is 5.56 Å². The van der Waals surface area contributed by atoms with Crippen molar-refractivity contribution in [1.82, 2.24) is 4.90 Å². The van der Waals surface area contributed by atoms with Crippen LogP contribution in [-0.4, -0.2) is 31.5 Å². The molecule has 86 valence electrons. The molecule has 0 saturated heterocycles. The molecule has 0 fully saturated rings. The summed E-state index contributed by atoms with van der Waals surface area (Å²) in [5.74, 6) is 0.553. The maximum Gasteiger partial charge on any atom is 0.262 e. The van der Waals surface area contributed by atoms with Gasteiger partial charge in [0, 0.05) is 0 Å². The Morgan fingerprint density at radius 3 is 2.94 bits per heavy atom. The molecule has 2 rings (SSSR count). The number of nitrogens with one attached hydrogen (secondary N) is 1. The Balaban J connectivity index is 2.31. The lowest BCUT2D eigenvalue weighted by molar-refractivity contribution is -0.118. The third-order valence-electron chi connectivity index (χ3n) is 2.53. The monoisotopic (exact) mass is 221 g/mol. The smallest absolute Gasteiger partial charge is 0.262 e. The fourth-order valence-corrected chi connectivity index (χ4v) is 1.58. The minimum Gasteiger partial charge on any atom is -0.482 e. The molecule has 1 atom stereocenters. The summed E-state index contributed by atoms with van der Waals surface area (Å²) < 4.78 is 5.26. The van der Waals surface area contributed by atoms with Crippen molar-refractivity contribution in [3.05, 3.63) is 23.8 Å². The first kappa shape index (κ1) is 10.9. The van der Waals surface area contributed by atoms with Crippen LogP contribution in [0.25, 0.3) is 0 Å². The third kappa shape index (κ3) is 2.00. The highest BCUT2D eigenvalue weighted by atomic mass is 16.5. The van der Waals surface area contributed by atoms with E-state index in [0.29, 0.717) is 11.4 Å². The van der Waals surface area contributed by atoms with Gasteiger partial charge in [0.15, 0.2) is 6.61 Å². The third-order valence-corrected chi connectivity index (χ3v) is 2.53. The molecule has 16 heavy (non-hydrogen) atoms. The highest BCUT2D eigenvalue weighted by Crippen LogP contribution is 2.30. The number of rotatable bonds is 2. The first-order chi connectivity index (χ1) is 7.58. The predicted octanol–water partition coefficient (Wildman–Crippen LogP) is 0.536. The van der Waals surface area contributed by atoms with E-state index in [1.165, 1.54) is 0 Å². The molecule has 1 aromatic carbocycles. The number of nitrogens with zero attached hydrogens (tertiary/aromatic N) is 1. The number of amides is 1. The second kappa shape index (κ2) is 4.11. The summed E-state index contributed by atoms with van der Waals surface area (Å²) in [6.07, 6.45) is -0.191. The molecule has 0 aromatic heterocycles. The van der Waals surface area contributed by atoms with Gasteiger partial charge >= 0.3 is 0 Å². The Kier molecular flexibility index (Phi) is 2.80. The number of ether oxygens (including phenoxy) is 1. The van der Waals surface area contributed by atoms with Gasteiger partial charge in [-0.15, -0.1) is 0 Å². The van der Waals surface area contributed by atoms with E-state index in [1.807, 2.05) is 37.2 Å². The van der Waals surface area contributed by atoms with Gasteiger partial charge in [0.1, 0.15) is 5.75 Å². The molecule has 0 spiro atoms. The van der Waals surface area contributed by atoms with Gasteiger partial charge in [-0.3, -0.25) is 9.69 Å². The molecule has 5 heteroatoms. The predicted molar refractivity (Wildman–Crippen MR) is 61.2 cm³/mol. The number of nitrogens with two attached hydrogens (primary N) is 1. The average molecular weight is 221 g/mol. The second-order valence-electron chi connectivity index (χ2n) is 4.00. The van der Waals surface area contributed by atoms with E-state index < -0.39 is 0 Å². The van der Waals surface area contributed by atoms with Crippen LogP contribution in [0.1, 0.15) is 11.7 Å². The van der Waals surface area contributed by atoms with Crippen molar-refractivity contribution in [2.45, 2.75) is 6.17 Å². The fourth-order valence-electron chi connectivity index (χ4n) is 1.58. The Morgan fingerprint density at radius 1 is 1.50 bits per heavy atom. The molecule has 0 saturated carbocycles. The Labute approximate surface area is 94.2 Å². The van der Waals surface area contributed by atoms with Crippen molar-refractivity contribution in [2.24, 2.45) is 5.73 Å². The van der Waals surface area contributed by atoms with Crippen LogP contribution in [-0.2, 0) is 4.79 Å². The maximum absolute atomic E-state index is 11.2. The first-order valence-electron chi connectivity index (χ1n) is 5.06. The number of carbonyl (C=O) groups is 1. The molecule has 1 aliphatic rings. The van der Waals surface area contributed by atoms with Gasteiger partial charge in [-0.1, -0.05) is 6.07 Å². The summed E-state index contributed by atoms with van der Waals surface area (Å²) in [5.41, 5.74) is 7.60. The molecule has 1 aromatic rings. The number of hydrogen-bond donors (Lipinski definition) is 2. The Bertz CT molecular complexity index is 418. The summed E-state index contributed by atoms with van der Waals surface area (Å²) >= 11 is 0. The number of fused-ring (bicyclic) bond motifs is 1. The van der Waals surface area contributed by atoms with Crippen molar-refractivity contribution >= 4 is 11.6 Å². The van der Waals surface area contributed by atoms with Crippen LogP contribution in [0.3, 0.4) is 0 Å². The average Bonchev–Trinajstić information content (AvgIpc) is 2.26. The highest BCUT2D eigenvalue weighted by Gasteiger charge is 2.17. The lowest BCUT2D eigenvalue weighted by Crippen LogP contribution is -2.29.